The van der Waals surface area contributed by atoms with E-state index in [9.17, 15) is 14.9 Å². The van der Waals surface area contributed by atoms with Crippen molar-refractivity contribution in [1.82, 2.24) is 19.6 Å². The smallest absolute Gasteiger partial charge is 0.312 e. The zero-order valence-electron chi connectivity index (χ0n) is 16.0. The molecule has 1 aromatic heterocycles. The molecule has 0 saturated carbocycles. The maximum Gasteiger partial charge on any atom is 0.312 e. The number of rotatable bonds is 5. The first-order chi connectivity index (χ1) is 12.9. The second kappa shape index (κ2) is 7.87. The number of aryl methyl sites for hydroxylation is 2. The summed E-state index contributed by atoms with van der Waals surface area (Å²) in [6.07, 6.45) is 0. The van der Waals surface area contributed by atoms with E-state index in [1.807, 2.05) is 11.0 Å². The Hall–Kier alpha value is -2.74. The molecule has 0 bridgehead atoms. The summed E-state index contributed by atoms with van der Waals surface area (Å²) in [6, 6.07) is 8.35. The van der Waals surface area contributed by atoms with Gasteiger partial charge in [-0.2, -0.15) is 5.10 Å². The van der Waals surface area contributed by atoms with Gasteiger partial charge in [0.1, 0.15) is 17.9 Å². The summed E-state index contributed by atoms with van der Waals surface area (Å²) in [6.45, 7) is 9.22. The molecule has 0 radical (unpaired) electrons. The molecule has 3 rings (SSSR count). The van der Waals surface area contributed by atoms with E-state index in [1.54, 1.807) is 13.8 Å². The van der Waals surface area contributed by atoms with Crippen molar-refractivity contribution >= 4 is 11.6 Å². The predicted octanol–water partition coefficient (Wildman–Crippen LogP) is 2.06. The minimum atomic E-state index is -0.441. The number of piperazine rings is 1. The fraction of sp³-hybridized carbons (Fsp3) is 0.474. The van der Waals surface area contributed by atoms with Crippen molar-refractivity contribution in [3.8, 4) is 0 Å². The SMILES string of the molecule is Cc1ccccc1CN1CCN(C(=O)Cn2nc(C)c([N+](=O)[O-])c2C)CC1. The van der Waals surface area contributed by atoms with E-state index in [4.69, 9.17) is 0 Å². The molecule has 0 atom stereocenters. The first kappa shape index (κ1) is 19.0. The zero-order chi connectivity index (χ0) is 19.6. The van der Waals surface area contributed by atoms with Crippen LogP contribution in [0.3, 0.4) is 0 Å². The van der Waals surface area contributed by atoms with Crippen LogP contribution in [0.25, 0.3) is 0 Å². The van der Waals surface area contributed by atoms with E-state index in [1.165, 1.54) is 15.8 Å². The first-order valence-electron chi connectivity index (χ1n) is 9.10. The number of nitrogens with zero attached hydrogens (tertiary/aromatic N) is 5. The molecule has 0 unspecified atom stereocenters. The Morgan fingerprint density at radius 3 is 2.41 bits per heavy atom. The number of hydrogen-bond acceptors (Lipinski definition) is 5. The van der Waals surface area contributed by atoms with Crippen LogP contribution >= 0.6 is 0 Å². The van der Waals surface area contributed by atoms with Crippen LogP contribution in [-0.4, -0.2) is 56.6 Å². The molecule has 8 heteroatoms. The number of aromatic nitrogens is 2. The Morgan fingerprint density at radius 2 is 1.81 bits per heavy atom. The lowest BCUT2D eigenvalue weighted by Gasteiger charge is -2.35. The van der Waals surface area contributed by atoms with Gasteiger partial charge in [-0.05, 0) is 31.9 Å². The average Bonchev–Trinajstić information content (AvgIpc) is 2.91. The van der Waals surface area contributed by atoms with Crippen LogP contribution in [0.1, 0.15) is 22.5 Å². The highest BCUT2D eigenvalue weighted by Crippen LogP contribution is 2.22. The number of nitro groups is 1. The van der Waals surface area contributed by atoms with Crippen LogP contribution in [-0.2, 0) is 17.9 Å². The van der Waals surface area contributed by atoms with Crippen LogP contribution in [0.4, 0.5) is 5.69 Å². The van der Waals surface area contributed by atoms with Crippen LogP contribution in [0.5, 0.6) is 0 Å². The molecule has 0 N–H and O–H groups in total. The number of hydrogen-bond donors (Lipinski definition) is 0. The monoisotopic (exact) mass is 371 g/mol. The van der Waals surface area contributed by atoms with Gasteiger partial charge < -0.3 is 4.90 Å². The van der Waals surface area contributed by atoms with Gasteiger partial charge in [0.25, 0.3) is 0 Å². The summed E-state index contributed by atoms with van der Waals surface area (Å²) >= 11 is 0. The molecule has 2 aromatic rings. The molecule has 1 aliphatic heterocycles. The summed E-state index contributed by atoms with van der Waals surface area (Å²) in [5, 5.41) is 15.3. The summed E-state index contributed by atoms with van der Waals surface area (Å²) in [5.41, 5.74) is 3.34. The van der Waals surface area contributed by atoms with Crippen molar-refractivity contribution in [2.45, 2.75) is 33.9 Å². The third kappa shape index (κ3) is 4.16. The molecule has 2 heterocycles. The Kier molecular flexibility index (Phi) is 5.55. The minimum Gasteiger partial charge on any atom is -0.339 e. The Bertz CT molecular complexity index is 853. The summed E-state index contributed by atoms with van der Waals surface area (Å²) in [7, 11) is 0. The molecular weight excluding hydrogens is 346 g/mol. The van der Waals surface area contributed by atoms with E-state index >= 15 is 0 Å². The topological polar surface area (TPSA) is 84.5 Å². The van der Waals surface area contributed by atoms with Gasteiger partial charge in [0.15, 0.2) is 0 Å². The van der Waals surface area contributed by atoms with Crippen molar-refractivity contribution in [3.05, 3.63) is 56.9 Å². The second-order valence-electron chi connectivity index (χ2n) is 7.02. The lowest BCUT2D eigenvalue weighted by Crippen LogP contribution is -2.49. The van der Waals surface area contributed by atoms with Gasteiger partial charge in [0.05, 0.1) is 4.92 Å². The Morgan fingerprint density at radius 1 is 1.15 bits per heavy atom. The quantitative estimate of drug-likeness (QED) is 0.593. The molecule has 144 valence electrons. The highest BCUT2D eigenvalue weighted by atomic mass is 16.6. The van der Waals surface area contributed by atoms with Crippen LogP contribution in [0, 0.1) is 30.9 Å². The number of carbonyl (C=O) groups is 1. The zero-order valence-corrected chi connectivity index (χ0v) is 16.0. The predicted molar refractivity (Wildman–Crippen MR) is 101 cm³/mol. The van der Waals surface area contributed by atoms with Gasteiger partial charge in [0.2, 0.25) is 5.91 Å². The van der Waals surface area contributed by atoms with E-state index in [2.05, 4.69) is 35.1 Å². The molecule has 8 nitrogen and oxygen atoms in total. The normalized spacial score (nSPS) is 15.1. The largest absolute Gasteiger partial charge is 0.339 e. The van der Waals surface area contributed by atoms with Gasteiger partial charge in [-0.1, -0.05) is 24.3 Å². The van der Waals surface area contributed by atoms with Crippen molar-refractivity contribution in [1.29, 1.82) is 0 Å². The molecule has 0 spiro atoms. The Balaban J connectivity index is 1.57. The third-order valence-electron chi connectivity index (χ3n) is 5.19. The molecule has 1 amide bonds. The third-order valence-corrected chi connectivity index (χ3v) is 5.19. The van der Waals surface area contributed by atoms with Gasteiger partial charge in [-0.3, -0.25) is 24.5 Å². The van der Waals surface area contributed by atoms with Gasteiger partial charge in [-0.25, -0.2) is 0 Å². The van der Waals surface area contributed by atoms with Crippen LogP contribution in [0.15, 0.2) is 24.3 Å². The Labute approximate surface area is 158 Å². The van der Waals surface area contributed by atoms with Crippen LogP contribution in [0.2, 0.25) is 0 Å². The molecule has 27 heavy (non-hydrogen) atoms. The number of benzene rings is 1. The molecule has 1 aliphatic rings. The summed E-state index contributed by atoms with van der Waals surface area (Å²) in [4.78, 5) is 27.4. The number of carbonyl (C=O) groups excluding carboxylic acids is 1. The second-order valence-corrected chi connectivity index (χ2v) is 7.02. The average molecular weight is 371 g/mol. The van der Waals surface area contributed by atoms with Crippen molar-refractivity contribution in [2.75, 3.05) is 26.2 Å². The fourth-order valence-electron chi connectivity index (χ4n) is 3.52. The summed E-state index contributed by atoms with van der Waals surface area (Å²) < 4.78 is 1.44. The molecule has 0 aliphatic carbocycles. The highest BCUT2D eigenvalue weighted by molar-refractivity contribution is 5.76. The fourth-order valence-corrected chi connectivity index (χ4v) is 3.52. The standard InChI is InChI=1S/C19H25N5O3/c1-14-6-4-5-7-17(14)12-21-8-10-22(11-9-21)18(25)13-23-16(3)19(24(26)27)15(2)20-23/h4-7H,8-13H2,1-3H3. The molecule has 1 saturated heterocycles. The van der Waals surface area contributed by atoms with Crippen LogP contribution < -0.4 is 0 Å². The maximum absolute atomic E-state index is 12.6. The molecule has 1 fully saturated rings. The molecule has 1 aromatic carbocycles. The van der Waals surface area contributed by atoms with Crippen molar-refractivity contribution in [2.24, 2.45) is 0 Å². The van der Waals surface area contributed by atoms with Gasteiger partial charge in [0, 0.05) is 32.7 Å². The van der Waals surface area contributed by atoms with Crippen molar-refractivity contribution in [3.63, 3.8) is 0 Å². The summed E-state index contributed by atoms with van der Waals surface area (Å²) in [5.74, 6) is -0.0500. The first-order valence-corrected chi connectivity index (χ1v) is 9.10. The van der Waals surface area contributed by atoms with E-state index in [0.717, 1.165) is 19.6 Å². The molecular formula is C19H25N5O3. The van der Waals surface area contributed by atoms with E-state index in [0.29, 0.717) is 24.5 Å². The van der Waals surface area contributed by atoms with Gasteiger partial charge >= 0.3 is 5.69 Å². The van der Waals surface area contributed by atoms with Gasteiger partial charge in [-0.15, -0.1) is 0 Å². The van der Waals surface area contributed by atoms with E-state index < -0.39 is 4.92 Å². The lowest BCUT2D eigenvalue weighted by atomic mass is 10.1. The maximum atomic E-state index is 12.6. The lowest BCUT2D eigenvalue weighted by molar-refractivity contribution is -0.386. The highest BCUT2D eigenvalue weighted by Gasteiger charge is 2.26. The number of amides is 1. The van der Waals surface area contributed by atoms with E-state index in [-0.39, 0.29) is 18.1 Å². The van der Waals surface area contributed by atoms with Crippen molar-refractivity contribution < 1.29 is 9.72 Å². The minimum absolute atomic E-state index is 0.00847.